The molecule has 1 aromatic heterocycles. The quantitative estimate of drug-likeness (QED) is 0.572. The van der Waals surface area contributed by atoms with Crippen LogP contribution in [0.5, 0.6) is 0 Å². The lowest BCUT2D eigenvalue weighted by atomic mass is 10.1. The molecule has 1 aliphatic carbocycles. The van der Waals surface area contributed by atoms with E-state index < -0.39 is 6.10 Å². The number of carbonyl (C=O) groups excluding carboxylic acids is 1. The van der Waals surface area contributed by atoms with Crippen LogP contribution in [0.4, 0.5) is 4.39 Å². The number of furan rings is 1. The van der Waals surface area contributed by atoms with Crippen LogP contribution in [0.1, 0.15) is 29.0 Å². The number of halogens is 1. The lowest BCUT2D eigenvalue weighted by Gasteiger charge is -2.36. The van der Waals surface area contributed by atoms with Crippen LogP contribution in [0.25, 0.3) is 0 Å². The van der Waals surface area contributed by atoms with Gasteiger partial charge < -0.3 is 23.9 Å². The van der Waals surface area contributed by atoms with Crippen LogP contribution < -0.4 is 0 Å². The van der Waals surface area contributed by atoms with Gasteiger partial charge in [0.2, 0.25) is 0 Å². The summed E-state index contributed by atoms with van der Waals surface area (Å²) in [5, 5.41) is 10.4. The minimum Gasteiger partial charge on any atom is -0.467 e. The summed E-state index contributed by atoms with van der Waals surface area (Å²) in [5.41, 5.74) is 0.490. The SMILES string of the molecule is O=C(c1ccc(F)cc1)N(CC1CC1)CC1CN(CC(O)COCc2ccco2)CCO1. The van der Waals surface area contributed by atoms with E-state index in [9.17, 15) is 14.3 Å². The number of ether oxygens (including phenoxy) is 2. The maximum atomic E-state index is 13.3. The average Bonchev–Trinajstić information content (AvgIpc) is 3.45. The summed E-state index contributed by atoms with van der Waals surface area (Å²) in [6.07, 6.45) is 3.11. The van der Waals surface area contributed by atoms with E-state index in [2.05, 4.69) is 4.90 Å². The number of hydrogen-bond donors (Lipinski definition) is 1. The topological polar surface area (TPSA) is 75.4 Å². The molecule has 32 heavy (non-hydrogen) atoms. The summed E-state index contributed by atoms with van der Waals surface area (Å²) in [6, 6.07) is 9.33. The second-order valence-electron chi connectivity index (χ2n) is 8.66. The Morgan fingerprint density at radius 3 is 2.78 bits per heavy atom. The van der Waals surface area contributed by atoms with Crippen LogP contribution in [-0.2, 0) is 16.1 Å². The van der Waals surface area contributed by atoms with E-state index in [-0.39, 0.29) is 24.4 Å². The number of aliphatic hydroxyl groups excluding tert-OH is 1. The number of amides is 1. The molecule has 1 saturated carbocycles. The smallest absolute Gasteiger partial charge is 0.253 e. The number of nitrogens with zero attached hydrogens (tertiary/aromatic N) is 2. The standard InChI is InChI=1S/C24H31FN2O5/c25-20-7-5-19(6-8-20)24(29)27(12-18-3-4-18)15-23-14-26(9-11-32-23)13-21(28)16-30-17-22-2-1-10-31-22/h1-2,5-8,10,18,21,23,28H,3-4,9,11-17H2. The van der Waals surface area contributed by atoms with Crippen LogP contribution in [0.2, 0.25) is 0 Å². The molecule has 8 heteroatoms. The highest BCUT2D eigenvalue weighted by atomic mass is 19.1. The number of hydrogen-bond acceptors (Lipinski definition) is 6. The third-order valence-corrected chi connectivity index (χ3v) is 5.80. The van der Waals surface area contributed by atoms with E-state index in [4.69, 9.17) is 13.9 Å². The Hall–Kier alpha value is -2.26. The fourth-order valence-corrected chi connectivity index (χ4v) is 3.97. The maximum Gasteiger partial charge on any atom is 0.253 e. The Bertz CT molecular complexity index is 841. The number of aliphatic hydroxyl groups is 1. The van der Waals surface area contributed by atoms with Crippen molar-refractivity contribution in [2.75, 3.05) is 45.9 Å². The molecule has 2 aromatic rings. The molecule has 0 bridgehead atoms. The van der Waals surface area contributed by atoms with Gasteiger partial charge in [-0.2, -0.15) is 0 Å². The Balaban J connectivity index is 1.26. The van der Waals surface area contributed by atoms with Crippen LogP contribution in [0.3, 0.4) is 0 Å². The van der Waals surface area contributed by atoms with Crippen LogP contribution >= 0.6 is 0 Å². The molecule has 2 fully saturated rings. The minimum atomic E-state index is -0.618. The van der Waals surface area contributed by atoms with Gasteiger partial charge in [0, 0.05) is 38.3 Å². The molecule has 2 heterocycles. The molecule has 7 nitrogen and oxygen atoms in total. The van der Waals surface area contributed by atoms with E-state index >= 15 is 0 Å². The highest BCUT2D eigenvalue weighted by Crippen LogP contribution is 2.30. The molecule has 1 aliphatic heterocycles. The number of β-amino-alcohol motifs (C(OH)–C–C–N with tert-alkyl or cyclic N) is 1. The van der Waals surface area contributed by atoms with Crippen molar-refractivity contribution in [1.29, 1.82) is 0 Å². The van der Waals surface area contributed by atoms with Crippen LogP contribution in [0, 0.1) is 11.7 Å². The Morgan fingerprint density at radius 1 is 1.25 bits per heavy atom. The van der Waals surface area contributed by atoms with E-state index in [1.165, 1.54) is 24.3 Å². The predicted molar refractivity (Wildman–Crippen MR) is 116 cm³/mol. The van der Waals surface area contributed by atoms with Crippen molar-refractivity contribution in [3.63, 3.8) is 0 Å². The first-order valence-electron chi connectivity index (χ1n) is 11.2. The minimum absolute atomic E-state index is 0.0935. The second kappa shape index (κ2) is 11.0. The predicted octanol–water partition coefficient (Wildman–Crippen LogP) is 2.55. The van der Waals surface area contributed by atoms with Crippen molar-refractivity contribution >= 4 is 5.91 Å². The molecule has 4 rings (SSSR count). The number of benzene rings is 1. The second-order valence-corrected chi connectivity index (χ2v) is 8.66. The van der Waals surface area contributed by atoms with Crippen molar-refractivity contribution in [3.05, 3.63) is 59.8 Å². The summed E-state index contributed by atoms with van der Waals surface area (Å²) in [6.45, 7) is 4.11. The van der Waals surface area contributed by atoms with Gasteiger partial charge in [0.25, 0.3) is 5.91 Å². The van der Waals surface area contributed by atoms with Crippen molar-refractivity contribution in [3.8, 4) is 0 Å². The first-order chi connectivity index (χ1) is 15.6. The fourth-order valence-electron chi connectivity index (χ4n) is 3.97. The zero-order chi connectivity index (χ0) is 22.3. The van der Waals surface area contributed by atoms with Crippen molar-refractivity contribution in [1.82, 2.24) is 9.80 Å². The summed E-state index contributed by atoms with van der Waals surface area (Å²) < 4.78 is 29.9. The third-order valence-electron chi connectivity index (χ3n) is 5.80. The van der Waals surface area contributed by atoms with Gasteiger partial charge in [-0.15, -0.1) is 0 Å². The zero-order valence-electron chi connectivity index (χ0n) is 18.2. The Labute approximate surface area is 187 Å². The molecule has 2 unspecified atom stereocenters. The largest absolute Gasteiger partial charge is 0.467 e. The zero-order valence-corrected chi connectivity index (χ0v) is 18.2. The van der Waals surface area contributed by atoms with E-state index in [0.29, 0.717) is 50.9 Å². The molecule has 1 aromatic carbocycles. The van der Waals surface area contributed by atoms with Crippen molar-refractivity contribution in [2.45, 2.75) is 31.7 Å². The molecule has 2 aliphatic rings. The van der Waals surface area contributed by atoms with Gasteiger partial charge in [-0.05, 0) is 55.2 Å². The van der Waals surface area contributed by atoms with E-state index in [0.717, 1.165) is 25.1 Å². The lowest BCUT2D eigenvalue weighted by molar-refractivity contribution is -0.0605. The van der Waals surface area contributed by atoms with Crippen LogP contribution in [0.15, 0.2) is 47.1 Å². The molecule has 1 saturated heterocycles. The maximum absolute atomic E-state index is 13.3. The van der Waals surface area contributed by atoms with Gasteiger partial charge in [0.05, 0.1) is 31.7 Å². The van der Waals surface area contributed by atoms with E-state index in [1.807, 2.05) is 11.0 Å². The first kappa shape index (κ1) is 22.9. The lowest BCUT2D eigenvalue weighted by Crippen LogP contribution is -2.51. The summed E-state index contributed by atoms with van der Waals surface area (Å²) in [4.78, 5) is 17.0. The molecule has 174 valence electrons. The molecule has 0 radical (unpaired) electrons. The fraction of sp³-hybridized carbons (Fsp3) is 0.542. The highest BCUT2D eigenvalue weighted by Gasteiger charge is 2.31. The Morgan fingerprint density at radius 2 is 2.06 bits per heavy atom. The summed E-state index contributed by atoms with van der Waals surface area (Å²) >= 11 is 0. The van der Waals surface area contributed by atoms with Gasteiger partial charge >= 0.3 is 0 Å². The van der Waals surface area contributed by atoms with Crippen molar-refractivity contribution in [2.24, 2.45) is 5.92 Å². The van der Waals surface area contributed by atoms with Gasteiger partial charge in [-0.1, -0.05) is 0 Å². The highest BCUT2D eigenvalue weighted by molar-refractivity contribution is 5.94. The molecule has 1 N–H and O–H groups in total. The van der Waals surface area contributed by atoms with Gasteiger partial charge in [-0.3, -0.25) is 9.69 Å². The number of carbonyl (C=O) groups is 1. The molecule has 0 spiro atoms. The molecular weight excluding hydrogens is 415 g/mol. The van der Waals surface area contributed by atoms with Crippen LogP contribution in [-0.4, -0.2) is 79.0 Å². The number of rotatable bonds is 11. The normalized spacial score (nSPS) is 20.2. The molecular formula is C24H31FN2O5. The summed E-state index contributed by atoms with van der Waals surface area (Å²) in [7, 11) is 0. The monoisotopic (exact) mass is 446 g/mol. The van der Waals surface area contributed by atoms with E-state index in [1.54, 1.807) is 12.3 Å². The molecule has 1 amide bonds. The van der Waals surface area contributed by atoms with Gasteiger partial charge in [0.15, 0.2) is 0 Å². The average molecular weight is 447 g/mol. The molecule has 2 atom stereocenters. The first-order valence-corrected chi connectivity index (χ1v) is 11.2. The Kier molecular flexibility index (Phi) is 7.91. The summed E-state index contributed by atoms with van der Waals surface area (Å²) in [5.74, 6) is 0.815. The number of morpholine rings is 1. The van der Waals surface area contributed by atoms with Crippen molar-refractivity contribution < 1.29 is 28.2 Å². The van der Waals surface area contributed by atoms with Gasteiger partial charge in [-0.25, -0.2) is 4.39 Å². The third kappa shape index (κ3) is 6.87. The van der Waals surface area contributed by atoms with Gasteiger partial charge in [0.1, 0.15) is 18.2 Å².